The average Bonchev–Trinajstić information content (AvgIpc) is 3.34. The van der Waals surface area contributed by atoms with Crippen molar-refractivity contribution < 1.29 is 9.59 Å². The van der Waals surface area contributed by atoms with E-state index in [4.69, 9.17) is 23.2 Å². The molecule has 1 aliphatic rings. The number of anilines is 1. The SMILES string of the molecule is O=C(NCc1cccs1)c1ccc(N2CCN(C(=O)Cc3c(Cl)cccc3Cl)CC2)cc1. The minimum absolute atomic E-state index is 0.0254. The number of thiophene rings is 1. The Hall–Kier alpha value is -2.54. The van der Waals surface area contributed by atoms with Gasteiger partial charge in [-0.05, 0) is 53.4 Å². The van der Waals surface area contributed by atoms with Gasteiger partial charge in [0.25, 0.3) is 5.91 Å². The van der Waals surface area contributed by atoms with E-state index in [9.17, 15) is 9.59 Å². The highest BCUT2D eigenvalue weighted by Gasteiger charge is 2.23. The van der Waals surface area contributed by atoms with Gasteiger partial charge in [0, 0.05) is 52.4 Å². The monoisotopic (exact) mass is 487 g/mol. The number of carbonyl (C=O) groups excluding carboxylic acids is 2. The van der Waals surface area contributed by atoms with Crippen LogP contribution >= 0.6 is 34.5 Å². The quantitative estimate of drug-likeness (QED) is 0.539. The molecule has 0 atom stereocenters. The summed E-state index contributed by atoms with van der Waals surface area (Å²) in [7, 11) is 0. The van der Waals surface area contributed by atoms with Crippen LogP contribution in [0.25, 0.3) is 0 Å². The number of nitrogens with one attached hydrogen (secondary N) is 1. The van der Waals surface area contributed by atoms with Crippen LogP contribution in [0.1, 0.15) is 20.8 Å². The largest absolute Gasteiger partial charge is 0.368 e. The molecule has 2 aromatic carbocycles. The number of halogens is 2. The number of amides is 2. The maximum atomic E-state index is 12.7. The lowest BCUT2D eigenvalue weighted by Gasteiger charge is -2.36. The zero-order valence-electron chi connectivity index (χ0n) is 17.4. The molecule has 0 aliphatic carbocycles. The van der Waals surface area contributed by atoms with E-state index >= 15 is 0 Å². The van der Waals surface area contributed by atoms with Gasteiger partial charge < -0.3 is 15.1 Å². The van der Waals surface area contributed by atoms with E-state index in [-0.39, 0.29) is 18.2 Å². The number of hydrogen-bond acceptors (Lipinski definition) is 4. The van der Waals surface area contributed by atoms with E-state index in [1.165, 1.54) is 0 Å². The highest BCUT2D eigenvalue weighted by Crippen LogP contribution is 2.25. The van der Waals surface area contributed by atoms with Crippen LogP contribution < -0.4 is 10.2 Å². The summed E-state index contributed by atoms with van der Waals surface area (Å²) in [6.45, 7) is 3.25. The first-order valence-electron chi connectivity index (χ1n) is 10.4. The molecule has 0 unspecified atom stereocenters. The Morgan fingerprint density at radius 3 is 2.22 bits per heavy atom. The number of carbonyl (C=O) groups is 2. The smallest absolute Gasteiger partial charge is 0.251 e. The van der Waals surface area contributed by atoms with Crippen LogP contribution in [0.3, 0.4) is 0 Å². The molecule has 1 fully saturated rings. The van der Waals surface area contributed by atoms with E-state index in [2.05, 4.69) is 10.2 Å². The first kappa shape index (κ1) is 22.6. The van der Waals surface area contributed by atoms with Crippen LogP contribution in [-0.2, 0) is 17.8 Å². The average molecular weight is 488 g/mol. The van der Waals surface area contributed by atoms with Crippen molar-refractivity contribution in [3.05, 3.63) is 86.0 Å². The molecule has 1 aromatic heterocycles. The van der Waals surface area contributed by atoms with Gasteiger partial charge >= 0.3 is 0 Å². The Morgan fingerprint density at radius 1 is 0.906 bits per heavy atom. The molecule has 0 radical (unpaired) electrons. The van der Waals surface area contributed by atoms with E-state index in [0.29, 0.717) is 40.8 Å². The van der Waals surface area contributed by atoms with Gasteiger partial charge in [0.05, 0.1) is 13.0 Å². The Kier molecular flexibility index (Phi) is 7.35. The third-order valence-corrected chi connectivity index (χ3v) is 7.10. The second-order valence-electron chi connectivity index (χ2n) is 7.55. The minimum Gasteiger partial charge on any atom is -0.368 e. The summed E-state index contributed by atoms with van der Waals surface area (Å²) in [5.74, 6) is -0.0593. The Bertz CT molecular complexity index is 1060. The van der Waals surface area contributed by atoms with Crippen molar-refractivity contribution in [2.75, 3.05) is 31.1 Å². The summed E-state index contributed by atoms with van der Waals surface area (Å²) in [5.41, 5.74) is 2.35. The summed E-state index contributed by atoms with van der Waals surface area (Å²) in [6, 6.07) is 16.9. The van der Waals surface area contributed by atoms with Crippen LogP contribution in [0.4, 0.5) is 5.69 Å². The second kappa shape index (κ2) is 10.4. The van der Waals surface area contributed by atoms with Crippen LogP contribution in [0.2, 0.25) is 10.0 Å². The molecule has 0 spiro atoms. The number of piperazine rings is 1. The number of hydrogen-bond donors (Lipinski definition) is 1. The van der Waals surface area contributed by atoms with Crippen LogP contribution in [-0.4, -0.2) is 42.9 Å². The molecular weight excluding hydrogens is 465 g/mol. The Balaban J connectivity index is 1.29. The minimum atomic E-state index is -0.0846. The summed E-state index contributed by atoms with van der Waals surface area (Å²) in [4.78, 5) is 30.3. The van der Waals surface area contributed by atoms with Crippen molar-refractivity contribution in [2.45, 2.75) is 13.0 Å². The number of rotatable bonds is 6. The zero-order valence-corrected chi connectivity index (χ0v) is 19.7. The lowest BCUT2D eigenvalue weighted by atomic mass is 10.1. The molecule has 2 heterocycles. The molecule has 1 N–H and O–H groups in total. The van der Waals surface area contributed by atoms with E-state index in [0.717, 1.165) is 23.7 Å². The molecule has 166 valence electrons. The van der Waals surface area contributed by atoms with Gasteiger partial charge in [0.2, 0.25) is 5.91 Å². The van der Waals surface area contributed by atoms with Gasteiger partial charge in [-0.15, -0.1) is 11.3 Å². The zero-order chi connectivity index (χ0) is 22.5. The molecule has 32 heavy (non-hydrogen) atoms. The van der Waals surface area contributed by atoms with Crippen LogP contribution in [0.15, 0.2) is 60.0 Å². The molecule has 4 rings (SSSR count). The van der Waals surface area contributed by atoms with Crippen molar-refractivity contribution in [1.82, 2.24) is 10.2 Å². The van der Waals surface area contributed by atoms with E-state index in [1.807, 2.05) is 46.7 Å². The van der Waals surface area contributed by atoms with Crippen molar-refractivity contribution in [3.8, 4) is 0 Å². The lowest BCUT2D eigenvalue weighted by Crippen LogP contribution is -2.49. The molecule has 8 heteroatoms. The molecular formula is C24H23Cl2N3O2S. The fourth-order valence-corrected chi connectivity index (χ4v) is 4.86. The van der Waals surface area contributed by atoms with Gasteiger partial charge in [-0.25, -0.2) is 0 Å². The summed E-state index contributed by atoms with van der Waals surface area (Å²) in [6.07, 6.45) is 0.202. The third-order valence-electron chi connectivity index (χ3n) is 5.52. The molecule has 0 bridgehead atoms. The molecule has 2 amide bonds. The summed E-state index contributed by atoms with van der Waals surface area (Å²) >= 11 is 14.0. The standard InChI is InChI=1S/C24H23Cl2N3O2S/c25-21-4-1-5-22(26)20(21)15-23(30)29-12-10-28(11-13-29)18-8-6-17(7-9-18)24(31)27-16-19-3-2-14-32-19/h1-9,14H,10-13,15-16H2,(H,27,31). The van der Waals surface area contributed by atoms with Gasteiger partial charge in [-0.3, -0.25) is 9.59 Å². The Labute approximate surface area is 201 Å². The lowest BCUT2D eigenvalue weighted by molar-refractivity contribution is -0.130. The van der Waals surface area contributed by atoms with E-state index < -0.39 is 0 Å². The fourth-order valence-electron chi connectivity index (χ4n) is 3.68. The fraction of sp³-hybridized carbons (Fsp3) is 0.250. The van der Waals surface area contributed by atoms with Crippen LogP contribution in [0, 0.1) is 0 Å². The van der Waals surface area contributed by atoms with E-state index in [1.54, 1.807) is 29.5 Å². The highest BCUT2D eigenvalue weighted by atomic mass is 35.5. The maximum Gasteiger partial charge on any atom is 0.251 e. The number of benzene rings is 2. The van der Waals surface area contributed by atoms with Crippen molar-refractivity contribution in [2.24, 2.45) is 0 Å². The highest BCUT2D eigenvalue weighted by molar-refractivity contribution is 7.09. The van der Waals surface area contributed by atoms with Gasteiger partial charge in [0.1, 0.15) is 0 Å². The van der Waals surface area contributed by atoms with Gasteiger partial charge in [-0.1, -0.05) is 35.3 Å². The van der Waals surface area contributed by atoms with Crippen molar-refractivity contribution >= 4 is 52.0 Å². The van der Waals surface area contributed by atoms with Crippen LogP contribution in [0.5, 0.6) is 0 Å². The van der Waals surface area contributed by atoms with Crippen molar-refractivity contribution in [3.63, 3.8) is 0 Å². The summed E-state index contributed by atoms with van der Waals surface area (Å²) in [5, 5.41) is 5.97. The second-order valence-corrected chi connectivity index (χ2v) is 9.40. The Morgan fingerprint density at radius 2 is 1.59 bits per heavy atom. The molecule has 1 saturated heterocycles. The third kappa shape index (κ3) is 5.44. The van der Waals surface area contributed by atoms with Crippen molar-refractivity contribution in [1.29, 1.82) is 0 Å². The topological polar surface area (TPSA) is 52.7 Å². The molecule has 0 saturated carbocycles. The predicted octanol–water partition coefficient (Wildman–Crippen LogP) is 4.88. The maximum absolute atomic E-state index is 12.7. The molecule has 5 nitrogen and oxygen atoms in total. The van der Waals surface area contributed by atoms with Gasteiger partial charge in [0.15, 0.2) is 0 Å². The first-order chi connectivity index (χ1) is 15.5. The molecule has 3 aromatic rings. The summed E-state index contributed by atoms with van der Waals surface area (Å²) < 4.78 is 0. The first-order valence-corrected chi connectivity index (χ1v) is 12.0. The number of nitrogens with zero attached hydrogens (tertiary/aromatic N) is 2. The normalized spacial score (nSPS) is 13.8. The molecule has 1 aliphatic heterocycles. The van der Waals surface area contributed by atoms with Gasteiger partial charge in [-0.2, -0.15) is 0 Å². The predicted molar refractivity (Wildman–Crippen MR) is 131 cm³/mol.